The van der Waals surface area contributed by atoms with Gasteiger partial charge in [-0.1, -0.05) is 37.3 Å². The number of rotatable bonds is 3. The Balaban J connectivity index is 1.87. The minimum Gasteiger partial charge on any atom is -0.497 e. The molecule has 3 rings (SSSR count). The molecule has 0 bridgehead atoms. The van der Waals surface area contributed by atoms with Crippen LogP contribution in [0.5, 0.6) is 11.5 Å². The molecule has 0 amide bonds. The molecule has 1 aliphatic heterocycles. The molecule has 21 heavy (non-hydrogen) atoms. The lowest BCUT2D eigenvalue weighted by Gasteiger charge is -2.33. The zero-order valence-corrected chi connectivity index (χ0v) is 12.3. The largest absolute Gasteiger partial charge is 0.497 e. The van der Waals surface area contributed by atoms with Crippen LogP contribution in [0.2, 0.25) is 0 Å². The van der Waals surface area contributed by atoms with E-state index in [4.69, 9.17) is 9.47 Å². The van der Waals surface area contributed by atoms with Gasteiger partial charge in [-0.3, -0.25) is 0 Å². The van der Waals surface area contributed by atoms with Crippen molar-refractivity contribution >= 4 is 0 Å². The lowest BCUT2D eigenvalue weighted by molar-refractivity contribution is 0.0544. The fourth-order valence-corrected chi connectivity index (χ4v) is 2.85. The van der Waals surface area contributed by atoms with E-state index in [9.17, 15) is 5.11 Å². The standard InChI is InChI=1S/C18H20O3/c1-12(13-6-4-3-5-7-13)17-11-16(19)15-9-8-14(20-2)10-18(15)21-17/h3-10,12,16-17,19H,11H2,1-2H3/t12?,16-,17?/m1/s1. The van der Waals surface area contributed by atoms with Crippen molar-refractivity contribution in [1.29, 1.82) is 0 Å². The van der Waals surface area contributed by atoms with Crippen LogP contribution >= 0.6 is 0 Å². The lowest BCUT2D eigenvalue weighted by atomic mass is 9.88. The topological polar surface area (TPSA) is 38.7 Å². The number of fused-ring (bicyclic) bond motifs is 1. The minimum absolute atomic E-state index is 0.0398. The second-order valence-electron chi connectivity index (χ2n) is 5.51. The maximum atomic E-state index is 10.4. The van der Waals surface area contributed by atoms with E-state index >= 15 is 0 Å². The number of benzene rings is 2. The minimum atomic E-state index is -0.490. The van der Waals surface area contributed by atoms with Crippen molar-refractivity contribution in [3.8, 4) is 11.5 Å². The Hall–Kier alpha value is -2.00. The zero-order chi connectivity index (χ0) is 14.8. The van der Waals surface area contributed by atoms with Crippen LogP contribution < -0.4 is 9.47 Å². The van der Waals surface area contributed by atoms with Gasteiger partial charge in [-0.15, -0.1) is 0 Å². The van der Waals surface area contributed by atoms with Gasteiger partial charge in [-0.2, -0.15) is 0 Å². The molecule has 1 N–H and O–H groups in total. The van der Waals surface area contributed by atoms with E-state index in [1.807, 2.05) is 36.4 Å². The molecular weight excluding hydrogens is 264 g/mol. The molecule has 0 spiro atoms. The van der Waals surface area contributed by atoms with Crippen LogP contribution in [0.1, 0.15) is 36.5 Å². The van der Waals surface area contributed by atoms with Gasteiger partial charge in [0.2, 0.25) is 0 Å². The van der Waals surface area contributed by atoms with E-state index in [1.54, 1.807) is 7.11 Å². The molecule has 0 saturated heterocycles. The summed E-state index contributed by atoms with van der Waals surface area (Å²) in [5.74, 6) is 1.69. The number of ether oxygens (including phenoxy) is 2. The summed E-state index contributed by atoms with van der Waals surface area (Å²) in [5.41, 5.74) is 2.06. The van der Waals surface area contributed by atoms with Crippen LogP contribution in [0.3, 0.4) is 0 Å². The van der Waals surface area contributed by atoms with E-state index in [0.29, 0.717) is 6.42 Å². The highest BCUT2D eigenvalue weighted by atomic mass is 16.5. The van der Waals surface area contributed by atoms with Crippen molar-refractivity contribution in [3.05, 3.63) is 59.7 Å². The molecule has 0 aliphatic carbocycles. The summed E-state index contributed by atoms with van der Waals surface area (Å²) in [7, 11) is 1.63. The predicted molar refractivity (Wildman–Crippen MR) is 81.8 cm³/mol. The SMILES string of the molecule is COc1ccc2c(c1)OC(C(C)c1ccccc1)C[C@H]2O. The average Bonchev–Trinajstić information content (AvgIpc) is 2.54. The van der Waals surface area contributed by atoms with E-state index in [1.165, 1.54) is 5.56 Å². The molecule has 0 radical (unpaired) electrons. The Bertz CT molecular complexity index is 609. The Morgan fingerprint density at radius 3 is 2.67 bits per heavy atom. The van der Waals surface area contributed by atoms with Gasteiger partial charge >= 0.3 is 0 Å². The van der Waals surface area contributed by atoms with Crippen LogP contribution in [-0.4, -0.2) is 18.3 Å². The quantitative estimate of drug-likeness (QED) is 0.934. The van der Waals surface area contributed by atoms with Gasteiger partial charge in [0, 0.05) is 24.0 Å². The van der Waals surface area contributed by atoms with Crippen LogP contribution in [0, 0.1) is 0 Å². The first-order chi connectivity index (χ1) is 10.2. The molecule has 1 heterocycles. The third kappa shape index (κ3) is 2.74. The molecule has 2 unspecified atom stereocenters. The number of aliphatic hydroxyl groups excluding tert-OH is 1. The highest BCUT2D eigenvalue weighted by Gasteiger charge is 2.31. The van der Waals surface area contributed by atoms with E-state index < -0.39 is 6.10 Å². The second-order valence-corrected chi connectivity index (χ2v) is 5.51. The first-order valence-electron chi connectivity index (χ1n) is 7.26. The van der Waals surface area contributed by atoms with Crippen LogP contribution in [-0.2, 0) is 0 Å². The summed E-state index contributed by atoms with van der Waals surface area (Å²) in [6.07, 6.45) is 0.0767. The van der Waals surface area contributed by atoms with Crippen molar-refractivity contribution in [1.82, 2.24) is 0 Å². The molecule has 1 aliphatic rings. The molecule has 3 atom stereocenters. The summed E-state index contributed by atoms with van der Waals surface area (Å²) in [6.45, 7) is 2.14. The summed E-state index contributed by atoms with van der Waals surface area (Å²) in [6, 6.07) is 15.8. The van der Waals surface area contributed by atoms with Gasteiger partial charge < -0.3 is 14.6 Å². The summed E-state index contributed by atoms with van der Waals surface area (Å²) < 4.78 is 11.4. The van der Waals surface area contributed by atoms with Gasteiger partial charge in [0.1, 0.15) is 17.6 Å². The zero-order valence-electron chi connectivity index (χ0n) is 12.3. The molecule has 3 heteroatoms. The maximum Gasteiger partial charge on any atom is 0.129 e. The fraction of sp³-hybridized carbons (Fsp3) is 0.333. The maximum absolute atomic E-state index is 10.4. The molecule has 2 aromatic rings. The van der Waals surface area contributed by atoms with Crippen LogP contribution in [0.4, 0.5) is 0 Å². The van der Waals surface area contributed by atoms with Gasteiger partial charge in [0.05, 0.1) is 13.2 Å². The van der Waals surface area contributed by atoms with Gasteiger partial charge in [0.25, 0.3) is 0 Å². The lowest BCUT2D eigenvalue weighted by Crippen LogP contribution is -2.30. The first-order valence-corrected chi connectivity index (χ1v) is 7.26. The molecule has 0 saturated carbocycles. The summed E-state index contributed by atoms with van der Waals surface area (Å²) in [4.78, 5) is 0. The van der Waals surface area contributed by atoms with Crippen molar-refractivity contribution in [3.63, 3.8) is 0 Å². The summed E-state index contributed by atoms with van der Waals surface area (Å²) in [5, 5.41) is 10.4. The summed E-state index contributed by atoms with van der Waals surface area (Å²) >= 11 is 0. The molecule has 110 valence electrons. The van der Waals surface area contributed by atoms with Gasteiger partial charge in [-0.05, 0) is 17.7 Å². The Morgan fingerprint density at radius 1 is 1.19 bits per heavy atom. The fourth-order valence-electron chi connectivity index (χ4n) is 2.85. The van der Waals surface area contributed by atoms with E-state index in [-0.39, 0.29) is 12.0 Å². The predicted octanol–water partition coefficient (Wildman–Crippen LogP) is 3.68. The first kappa shape index (κ1) is 14.0. The van der Waals surface area contributed by atoms with Crippen molar-refractivity contribution < 1.29 is 14.6 Å². The molecule has 2 aromatic carbocycles. The number of aliphatic hydroxyl groups is 1. The van der Waals surface area contributed by atoms with Crippen LogP contribution in [0.25, 0.3) is 0 Å². The van der Waals surface area contributed by atoms with Crippen molar-refractivity contribution in [2.75, 3.05) is 7.11 Å². The molecule has 3 nitrogen and oxygen atoms in total. The van der Waals surface area contributed by atoms with Gasteiger partial charge in [-0.25, -0.2) is 0 Å². The van der Waals surface area contributed by atoms with Gasteiger partial charge in [0.15, 0.2) is 0 Å². The Labute approximate surface area is 125 Å². The highest BCUT2D eigenvalue weighted by molar-refractivity contribution is 5.43. The normalized spacial score (nSPS) is 22.0. The number of hydrogen-bond donors (Lipinski definition) is 1. The van der Waals surface area contributed by atoms with Crippen molar-refractivity contribution in [2.45, 2.75) is 31.5 Å². The van der Waals surface area contributed by atoms with Crippen LogP contribution in [0.15, 0.2) is 48.5 Å². The molecule has 0 aromatic heterocycles. The van der Waals surface area contributed by atoms with Crippen molar-refractivity contribution in [2.24, 2.45) is 0 Å². The van der Waals surface area contributed by atoms with E-state index in [2.05, 4.69) is 19.1 Å². The number of hydrogen-bond acceptors (Lipinski definition) is 3. The third-order valence-corrected chi connectivity index (χ3v) is 4.20. The molecular formula is C18H20O3. The molecule has 0 fully saturated rings. The third-order valence-electron chi connectivity index (χ3n) is 4.20. The monoisotopic (exact) mass is 284 g/mol. The Kier molecular flexibility index (Phi) is 3.84. The Morgan fingerprint density at radius 2 is 1.95 bits per heavy atom. The average molecular weight is 284 g/mol. The highest BCUT2D eigenvalue weighted by Crippen LogP contribution is 2.40. The smallest absolute Gasteiger partial charge is 0.129 e. The second kappa shape index (κ2) is 5.78. The number of methoxy groups -OCH3 is 1. The van der Waals surface area contributed by atoms with E-state index in [0.717, 1.165) is 17.1 Å².